The molecule has 160 valence electrons. The Morgan fingerprint density at radius 3 is 2.29 bits per heavy atom. The van der Waals surface area contributed by atoms with Gasteiger partial charge in [0, 0.05) is 0 Å². The van der Waals surface area contributed by atoms with Gasteiger partial charge in [-0.2, -0.15) is 0 Å². The highest BCUT2D eigenvalue weighted by Crippen LogP contribution is 2.25. The molecule has 0 unspecified atom stereocenters. The Balaban J connectivity index is 1.72. The van der Waals surface area contributed by atoms with E-state index >= 15 is 0 Å². The van der Waals surface area contributed by atoms with Crippen LogP contribution in [0.25, 0.3) is 0 Å². The molecule has 0 fully saturated rings. The molecule has 2 atom stereocenters. The highest BCUT2D eigenvalue weighted by Gasteiger charge is 2.22. The van der Waals surface area contributed by atoms with Crippen LogP contribution < -0.4 is 15.4 Å². The van der Waals surface area contributed by atoms with E-state index in [2.05, 4.69) is 10.6 Å². The predicted molar refractivity (Wildman–Crippen MR) is 124 cm³/mol. The number of anilines is 1. The van der Waals surface area contributed by atoms with Crippen molar-refractivity contribution >= 4 is 29.1 Å². The first-order valence-corrected chi connectivity index (χ1v) is 10.5. The van der Waals surface area contributed by atoms with Crippen LogP contribution in [0.3, 0.4) is 0 Å². The smallest absolute Gasteiger partial charge is 0.265 e. The van der Waals surface area contributed by atoms with E-state index in [0.29, 0.717) is 28.4 Å². The maximum absolute atomic E-state index is 12.9. The Morgan fingerprint density at radius 2 is 1.58 bits per heavy atom. The molecule has 0 saturated heterocycles. The van der Waals surface area contributed by atoms with Gasteiger partial charge in [-0.1, -0.05) is 73.1 Å². The van der Waals surface area contributed by atoms with E-state index in [1.54, 1.807) is 48.5 Å². The summed E-state index contributed by atoms with van der Waals surface area (Å²) in [7, 11) is 0. The molecule has 6 heteroatoms. The number of ether oxygens (including phenoxy) is 1. The molecule has 3 aromatic carbocycles. The molecule has 0 bridgehead atoms. The van der Waals surface area contributed by atoms with Crippen LogP contribution in [0.1, 0.15) is 42.2 Å². The van der Waals surface area contributed by atoms with Crippen molar-refractivity contribution in [2.24, 2.45) is 0 Å². The molecule has 0 spiro atoms. The average molecular weight is 437 g/mol. The largest absolute Gasteiger partial charge is 0.479 e. The Morgan fingerprint density at radius 1 is 0.935 bits per heavy atom. The normalized spacial score (nSPS) is 12.5. The van der Waals surface area contributed by atoms with Gasteiger partial charge in [0.2, 0.25) is 0 Å². The summed E-state index contributed by atoms with van der Waals surface area (Å²) in [5.74, 6) is -0.181. The van der Waals surface area contributed by atoms with E-state index in [1.807, 2.05) is 44.2 Å². The lowest BCUT2D eigenvalue weighted by atomic mass is 10.1. The second-order valence-electron chi connectivity index (χ2n) is 7.09. The van der Waals surface area contributed by atoms with Crippen molar-refractivity contribution < 1.29 is 14.3 Å². The summed E-state index contributed by atoms with van der Waals surface area (Å²) in [6.45, 7) is 3.76. The van der Waals surface area contributed by atoms with Gasteiger partial charge in [0.05, 0.1) is 22.3 Å². The van der Waals surface area contributed by atoms with Gasteiger partial charge in [0.1, 0.15) is 5.75 Å². The predicted octanol–water partition coefficient (Wildman–Crippen LogP) is 5.63. The minimum absolute atomic E-state index is 0.176. The van der Waals surface area contributed by atoms with Crippen molar-refractivity contribution in [3.63, 3.8) is 0 Å². The number of carbonyl (C=O) groups excluding carboxylic acids is 2. The fraction of sp³-hybridized carbons (Fsp3) is 0.200. The highest BCUT2D eigenvalue weighted by atomic mass is 35.5. The van der Waals surface area contributed by atoms with Gasteiger partial charge in [0.25, 0.3) is 11.8 Å². The van der Waals surface area contributed by atoms with Crippen molar-refractivity contribution in [1.82, 2.24) is 5.32 Å². The second-order valence-corrected chi connectivity index (χ2v) is 7.49. The first-order valence-electron chi connectivity index (χ1n) is 10.2. The molecule has 0 aliphatic carbocycles. The van der Waals surface area contributed by atoms with Crippen molar-refractivity contribution in [3.8, 4) is 5.75 Å². The first kappa shape index (κ1) is 22.4. The van der Waals surface area contributed by atoms with E-state index in [-0.39, 0.29) is 17.9 Å². The third kappa shape index (κ3) is 5.86. The summed E-state index contributed by atoms with van der Waals surface area (Å²) in [6.07, 6.45) is -0.310. The van der Waals surface area contributed by atoms with Gasteiger partial charge in [-0.15, -0.1) is 0 Å². The maximum atomic E-state index is 12.9. The summed E-state index contributed by atoms with van der Waals surface area (Å²) in [4.78, 5) is 25.8. The van der Waals surface area contributed by atoms with Crippen LogP contribution in [0.15, 0.2) is 78.9 Å². The first-order chi connectivity index (χ1) is 15.0. The summed E-state index contributed by atoms with van der Waals surface area (Å²) in [6, 6.07) is 23.4. The maximum Gasteiger partial charge on any atom is 0.265 e. The number of para-hydroxylation sites is 2. The molecule has 3 rings (SSSR count). The van der Waals surface area contributed by atoms with Crippen molar-refractivity contribution in [3.05, 3.63) is 95.0 Å². The van der Waals surface area contributed by atoms with Crippen LogP contribution in [0.4, 0.5) is 5.69 Å². The lowest BCUT2D eigenvalue weighted by Crippen LogP contribution is -2.34. The minimum Gasteiger partial charge on any atom is -0.479 e. The molecular weight excluding hydrogens is 412 g/mol. The number of benzene rings is 3. The van der Waals surface area contributed by atoms with Gasteiger partial charge < -0.3 is 15.4 Å². The van der Waals surface area contributed by atoms with Crippen LogP contribution >= 0.6 is 11.6 Å². The number of halogens is 1. The van der Waals surface area contributed by atoms with Crippen molar-refractivity contribution in [2.75, 3.05) is 5.32 Å². The Kier molecular flexibility index (Phi) is 7.68. The molecule has 31 heavy (non-hydrogen) atoms. The number of carbonyl (C=O) groups is 2. The van der Waals surface area contributed by atoms with Crippen molar-refractivity contribution in [2.45, 2.75) is 32.4 Å². The van der Waals surface area contributed by atoms with Gasteiger partial charge in [-0.05, 0) is 43.2 Å². The van der Waals surface area contributed by atoms with Crippen LogP contribution in [0.5, 0.6) is 5.75 Å². The highest BCUT2D eigenvalue weighted by molar-refractivity contribution is 6.32. The summed E-state index contributed by atoms with van der Waals surface area (Å²) in [5.41, 5.74) is 1.80. The molecule has 0 saturated carbocycles. The van der Waals surface area contributed by atoms with E-state index in [1.165, 1.54) is 0 Å². The zero-order valence-corrected chi connectivity index (χ0v) is 18.2. The average Bonchev–Trinajstić information content (AvgIpc) is 2.79. The summed E-state index contributed by atoms with van der Waals surface area (Å²) < 4.78 is 5.81. The summed E-state index contributed by atoms with van der Waals surface area (Å²) in [5, 5.41) is 6.24. The Hall–Kier alpha value is -3.31. The van der Waals surface area contributed by atoms with Crippen LogP contribution in [-0.4, -0.2) is 17.9 Å². The Bertz CT molecular complexity index is 1040. The van der Waals surface area contributed by atoms with Crippen molar-refractivity contribution in [1.29, 1.82) is 0 Å². The monoisotopic (exact) mass is 436 g/mol. The zero-order chi connectivity index (χ0) is 22.2. The Labute approximate surface area is 187 Å². The third-order valence-corrected chi connectivity index (χ3v) is 5.16. The van der Waals surface area contributed by atoms with Crippen LogP contribution in [0.2, 0.25) is 5.02 Å². The minimum atomic E-state index is -0.751. The lowest BCUT2D eigenvalue weighted by Gasteiger charge is -2.20. The fourth-order valence-electron chi connectivity index (χ4n) is 3.12. The standard InChI is InChI=1S/C25H25ClN2O3/c1-3-22(31-23-16-10-8-14-20(23)26)25(30)28-21-15-9-7-13-19(21)24(29)27-17(2)18-11-5-4-6-12-18/h4-17,22H,3H2,1-2H3,(H,27,29)(H,28,30)/t17-,22-/m0/s1. The van der Waals surface area contributed by atoms with E-state index in [9.17, 15) is 9.59 Å². The second kappa shape index (κ2) is 10.6. The molecule has 2 amide bonds. The molecule has 5 nitrogen and oxygen atoms in total. The third-order valence-electron chi connectivity index (χ3n) is 4.85. The zero-order valence-electron chi connectivity index (χ0n) is 17.5. The lowest BCUT2D eigenvalue weighted by molar-refractivity contribution is -0.122. The van der Waals surface area contributed by atoms with E-state index in [0.717, 1.165) is 5.56 Å². The quantitative estimate of drug-likeness (QED) is 0.481. The molecule has 0 aromatic heterocycles. The number of rotatable bonds is 8. The molecule has 2 N–H and O–H groups in total. The topological polar surface area (TPSA) is 67.4 Å². The van der Waals surface area contributed by atoms with Gasteiger partial charge >= 0.3 is 0 Å². The van der Waals surface area contributed by atoms with Gasteiger partial charge in [-0.25, -0.2) is 0 Å². The molecule has 3 aromatic rings. The van der Waals surface area contributed by atoms with Crippen LogP contribution in [-0.2, 0) is 4.79 Å². The molecular formula is C25H25ClN2O3. The van der Waals surface area contributed by atoms with Crippen LogP contribution in [0, 0.1) is 0 Å². The van der Waals surface area contributed by atoms with E-state index < -0.39 is 6.10 Å². The summed E-state index contributed by atoms with van der Waals surface area (Å²) >= 11 is 6.15. The number of nitrogens with one attached hydrogen (secondary N) is 2. The molecule has 0 aliphatic heterocycles. The number of hydrogen-bond acceptors (Lipinski definition) is 3. The van der Waals surface area contributed by atoms with E-state index in [4.69, 9.17) is 16.3 Å². The SMILES string of the molecule is CC[C@H](Oc1ccccc1Cl)C(=O)Nc1ccccc1C(=O)N[C@@H](C)c1ccccc1. The molecule has 0 aliphatic rings. The van der Waals surface area contributed by atoms with Gasteiger partial charge in [-0.3, -0.25) is 9.59 Å². The molecule has 0 radical (unpaired) electrons. The fourth-order valence-corrected chi connectivity index (χ4v) is 3.30. The number of hydrogen-bond donors (Lipinski definition) is 2. The van der Waals surface area contributed by atoms with Gasteiger partial charge in [0.15, 0.2) is 6.10 Å². The number of amides is 2. The molecule has 0 heterocycles.